The summed E-state index contributed by atoms with van der Waals surface area (Å²) in [5.41, 5.74) is 1.38. The highest BCUT2D eigenvalue weighted by atomic mass is 35.5. The van der Waals surface area contributed by atoms with E-state index in [0.29, 0.717) is 41.8 Å². The monoisotopic (exact) mass is 471 g/mol. The third-order valence-corrected chi connectivity index (χ3v) is 6.77. The Bertz CT molecular complexity index is 1060. The van der Waals surface area contributed by atoms with Crippen LogP contribution in [0.2, 0.25) is 5.02 Å². The molecule has 0 aliphatic carbocycles. The van der Waals surface area contributed by atoms with Crippen molar-refractivity contribution in [3.05, 3.63) is 69.3 Å². The number of nitrogens with zero attached hydrogens (tertiary/aromatic N) is 4. The average molecular weight is 472 g/mol. The number of benzene rings is 1. The van der Waals surface area contributed by atoms with E-state index in [1.165, 1.54) is 11.2 Å². The summed E-state index contributed by atoms with van der Waals surface area (Å²) in [6.45, 7) is 2.52. The number of anilines is 1. The van der Waals surface area contributed by atoms with Crippen molar-refractivity contribution >= 4 is 34.7 Å². The van der Waals surface area contributed by atoms with Crippen LogP contribution < -0.4 is 15.0 Å². The minimum absolute atomic E-state index is 0.0383. The highest BCUT2D eigenvalue weighted by molar-refractivity contribution is 7.10. The van der Waals surface area contributed by atoms with Crippen LogP contribution in [0.4, 0.5) is 5.82 Å². The molecule has 4 rings (SSSR count). The van der Waals surface area contributed by atoms with Crippen molar-refractivity contribution < 1.29 is 9.53 Å². The first-order valence-electron chi connectivity index (χ1n) is 10.5. The molecule has 1 aliphatic heterocycles. The van der Waals surface area contributed by atoms with Crippen LogP contribution >= 0.6 is 22.9 Å². The first-order chi connectivity index (χ1) is 15.6. The molecular formula is C23H26ClN5O2S. The van der Waals surface area contributed by atoms with Crippen LogP contribution in [0.1, 0.15) is 33.3 Å². The molecule has 1 aliphatic rings. The van der Waals surface area contributed by atoms with Gasteiger partial charge in [0.05, 0.1) is 0 Å². The van der Waals surface area contributed by atoms with Gasteiger partial charge in [-0.1, -0.05) is 23.7 Å². The number of thiophene rings is 1. The third-order valence-electron chi connectivity index (χ3n) is 5.46. The van der Waals surface area contributed by atoms with Crippen molar-refractivity contribution in [2.24, 2.45) is 0 Å². The molecule has 9 heteroatoms. The van der Waals surface area contributed by atoms with Gasteiger partial charge in [0.1, 0.15) is 29.6 Å². The minimum Gasteiger partial charge on any atom is -0.485 e. The molecule has 1 amide bonds. The molecule has 0 saturated carbocycles. The molecule has 1 atom stereocenters. The van der Waals surface area contributed by atoms with Gasteiger partial charge in [0.15, 0.2) is 0 Å². The van der Waals surface area contributed by atoms with E-state index in [9.17, 15) is 4.79 Å². The number of carbonyl (C=O) groups is 1. The molecule has 0 saturated heterocycles. The highest BCUT2D eigenvalue weighted by Crippen LogP contribution is 2.31. The maximum Gasteiger partial charge on any atom is 0.259 e. The van der Waals surface area contributed by atoms with Gasteiger partial charge in [0.2, 0.25) is 0 Å². The van der Waals surface area contributed by atoms with Crippen molar-refractivity contribution in [2.45, 2.75) is 19.1 Å². The summed E-state index contributed by atoms with van der Waals surface area (Å²) in [7, 11) is 3.86. The average Bonchev–Trinajstić information content (AvgIpc) is 3.31. The lowest BCUT2D eigenvalue weighted by atomic mass is 10.1. The summed E-state index contributed by atoms with van der Waals surface area (Å²) in [6.07, 6.45) is 3.86. The molecule has 0 bridgehead atoms. The number of fused-ring (bicyclic) bond motifs is 1. The Balaban J connectivity index is 1.49. The zero-order valence-electron chi connectivity index (χ0n) is 18.1. The van der Waals surface area contributed by atoms with E-state index in [4.69, 9.17) is 16.3 Å². The van der Waals surface area contributed by atoms with Gasteiger partial charge >= 0.3 is 0 Å². The molecule has 0 radical (unpaired) electrons. The summed E-state index contributed by atoms with van der Waals surface area (Å²) in [4.78, 5) is 26.3. The molecule has 1 aromatic carbocycles. The smallest absolute Gasteiger partial charge is 0.259 e. The van der Waals surface area contributed by atoms with Crippen molar-refractivity contribution in [1.29, 1.82) is 0 Å². The van der Waals surface area contributed by atoms with Crippen LogP contribution in [0.3, 0.4) is 0 Å². The van der Waals surface area contributed by atoms with E-state index in [1.54, 1.807) is 22.4 Å². The van der Waals surface area contributed by atoms with Crippen LogP contribution in [0.25, 0.3) is 0 Å². The van der Waals surface area contributed by atoms with Gasteiger partial charge in [-0.3, -0.25) is 4.79 Å². The fourth-order valence-electron chi connectivity index (χ4n) is 3.69. The molecule has 2 aromatic heterocycles. The largest absolute Gasteiger partial charge is 0.485 e. The van der Waals surface area contributed by atoms with Crippen LogP contribution in [0.15, 0.2) is 48.2 Å². The Labute approximate surface area is 197 Å². The van der Waals surface area contributed by atoms with Crippen LogP contribution in [-0.2, 0) is 6.54 Å². The number of hydrogen-bond acceptors (Lipinski definition) is 7. The SMILES string of the molecule is CNCC[C@H](Oc1ccc(CN2CCN(C)c3ncncc3C2=O)c(Cl)c1)c1cccs1. The second-order valence-corrected chi connectivity index (χ2v) is 9.06. The minimum atomic E-state index is -0.0915. The van der Waals surface area contributed by atoms with E-state index < -0.39 is 0 Å². The van der Waals surface area contributed by atoms with Crippen molar-refractivity contribution in [1.82, 2.24) is 20.2 Å². The van der Waals surface area contributed by atoms with Gasteiger partial charge in [-0.05, 0) is 42.7 Å². The predicted molar refractivity (Wildman–Crippen MR) is 128 cm³/mol. The second-order valence-electron chi connectivity index (χ2n) is 7.68. The summed E-state index contributed by atoms with van der Waals surface area (Å²) >= 11 is 8.30. The Kier molecular flexibility index (Phi) is 7.24. The lowest BCUT2D eigenvalue weighted by Gasteiger charge is -2.22. The molecule has 3 heterocycles. The molecule has 0 unspecified atom stereocenters. The van der Waals surface area contributed by atoms with Crippen LogP contribution in [0.5, 0.6) is 5.75 Å². The predicted octanol–water partition coefficient (Wildman–Crippen LogP) is 4.01. The Morgan fingerprint density at radius 1 is 1.31 bits per heavy atom. The van der Waals surface area contributed by atoms with Crippen LogP contribution in [-0.4, -0.2) is 54.5 Å². The number of ether oxygens (including phenoxy) is 1. The van der Waals surface area contributed by atoms with Crippen LogP contribution in [0, 0.1) is 0 Å². The third kappa shape index (κ3) is 5.03. The quantitative estimate of drug-likeness (QED) is 0.535. The maximum absolute atomic E-state index is 13.1. The number of aromatic nitrogens is 2. The number of halogens is 1. The molecular weight excluding hydrogens is 446 g/mol. The number of hydrogen-bond donors (Lipinski definition) is 1. The van der Waals surface area contributed by atoms with Crippen molar-refractivity contribution in [3.8, 4) is 5.75 Å². The molecule has 168 valence electrons. The van der Waals surface area contributed by atoms with Gasteiger partial charge in [-0.25, -0.2) is 9.97 Å². The number of nitrogens with one attached hydrogen (secondary N) is 1. The Morgan fingerprint density at radius 3 is 2.94 bits per heavy atom. The fourth-order valence-corrected chi connectivity index (χ4v) is 4.71. The zero-order valence-corrected chi connectivity index (χ0v) is 19.7. The topological polar surface area (TPSA) is 70.6 Å². The molecule has 7 nitrogen and oxygen atoms in total. The highest BCUT2D eigenvalue weighted by Gasteiger charge is 2.26. The second kappa shape index (κ2) is 10.3. The fraction of sp³-hybridized carbons (Fsp3) is 0.348. The van der Waals surface area contributed by atoms with Crippen molar-refractivity contribution in [3.63, 3.8) is 0 Å². The number of likely N-dealkylation sites (N-methyl/N-ethyl adjacent to an activating group) is 1. The first kappa shape index (κ1) is 22.5. The maximum atomic E-state index is 13.1. The van der Waals surface area contributed by atoms with Gasteiger partial charge < -0.3 is 19.9 Å². The number of carbonyl (C=O) groups excluding carboxylic acids is 1. The van der Waals surface area contributed by atoms with E-state index in [1.807, 2.05) is 43.3 Å². The zero-order chi connectivity index (χ0) is 22.5. The summed E-state index contributed by atoms with van der Waals surface area (Å²) in [6, 6.07) is 9.82. The summed E-state index contributed by atoms with van der Waals surface area (Å²) in [5, 5.41) is 5.82. The van der Waals surface area contributed by atoms with Gasteiger partial charge in [0, 0.05) is 49.2 Å². The van der Waals surface area contributed by atoms with E-state index in [-0.39, 0.29) is 12.0 Å². The van der Waals surface area contributed by atoms with Gasteiger partial charge in [0.25, 0.3) is 5.91 Å². The molecule has 0 fully saturated rings. The van der Waals surface area contributed by atoms with E-state index in [2.05, 4.69) is 26.7 Å². The molecule has 3 aromatic rings. The molecule has 32 heavy (non-hydrogen) atoms. The number of rotatable bonds is 8. The summed E-state index contributed by atoms with van der Waals surface area (Å²) in [5.74, 6) is 1.28. The van der Waals surface area contributed by atoms with Gasteiger partial charge in [-0.15, -0.1) is 11.3 Å². The standard InChI is InChI=1S/C23H26ClN5O2S/c1-25-8-7-20(21-4-3-11-32-21)31-17-6-5-16(19(24)12-17)14-29-10-9-28(2)22-18(23(29)30)13-26-15-27-22/h3-6,11-13,15,20,25H,7-10,14H2,1-2H3/t20-/m0/s1. The van der Waals surface area contributed by atoms with E-state index in [0.717, 1.165) is 18.5 Å². The molecule has 1 N–H and O–H groups in total. The first-order valence-corrected chi connectivity index (χ1v) is 11.8. The normalized spacial score (nSPS) is 14.8. The van der Waals surface area contributed by atoms with Gasteiger partial charge in [-0.2, -0.15) is 0 Å². The lowest BCUT2D eigenvalue weighted by Crippen LogP contribution is -2.33. The molecule has 0 spiro atoms. The number of amides is 1. The Morgan fingerprint density at radius 2 is 2.19 bits per heavy atom. The van der Waals surface area contributed by atoms with E-state index >= 15 is 0 Å². The Hall–Kier alpha value is -2.68. The lowest BCUT2D eigenvalue weighted by molar-refractivity contribution is 0.0754. The van der Waals surface area contributed by atoms with Crippen molar-refractivity contribution in [2.75, 3.05) is 38.6 Å². The summed E-state index contributed by atoms with van der Waals surface area (Å²) < 4.78 is 6.27.